The number of rotatable bonds is 3. The van der Waals surface area contributed by atoms with E-state index in [9.17, 15) is 4.79 Å². The molecular formula is C15H16N2OS. The molecule has 1 aromatic carbocycles. The average Bonchev–Trinajstić information content (AvgIpc) is 2.48. The van der Waals surface area contributed by atoms with Gasteiger partial charge in [-0.25, -0.2) is 0 Å². The van der Waals surface area contributed by atoms with Gasteiger partial charge in [0.15, 0.2) is 5.78 Å². The number of Topliss-reactive ketones (excluding diaryl/α,β-unsaturated/α-hetero) is 1. The highest BCUT2D eigenvalue weighted by Crippen LogP contribution is 2.17. The summed E-state index contributed by atoms with van der Waals surface area (Å²) in [5, 5.41) is 4.47. The van der Waals surface area contributed by atoms with Crippen molar-refractivity contribution in [2.75, 3.05) is 18.1 Å². The molecule has 4 heteroatoms. The number of benzene rings is 1. The maximum atomic E-state index is 12.3. The van der Waals surface area contributed by atoms with Gasteiger partial charge in [-0.1, -0.05) is 18.2 Å². The number of ketones is 1. The standard InChI is InChI=1S/C15H16N2OS/c18-15(9-13-10-19-7-6-16-13)12-4-3-11-2-1-5-17-14(11)8-12/h1-5,8,13,16H,6-7,9-10H2. The number of hydrogen-bond acceptors (Lipinski definition) is 4. The van der Waals surface area contributed by atoms with Gasteiger partial charge in [0.1, 0.15) is 0 Å². The summed E-state index contributed by atoms with van der Waals surface area (Å²) in [5.41, 5.74) is 1.66. The molecule has 3 rings (SSSR count). The summed E-state index contributed by atoms with van der Waals surface area (Å²) >= 11 is 1.92. The molecule has 0 spiro atoms. The molecule has 0 saturated carbocycles. The molecule has 1 fully saturated rings. The minimum Gasteiger partial charge on any atom is -0.312 e. The second-order valence-corrected chi connectivity index (χ2v) is 5.91. The van der Waals surface area contributed by atoms with E-state index in [1.54, 1.807) is 6.20 Å². The van der Waals surface area contributed by atoms with Gasteiger partial charge in [-0.3, -0.25) is 9.78 Å². The van der Waals surface area contributed by atoms with Gasteiger partial charge in [0, 0.05) is 47.7 Å². The molecule has 0 bridgehead atoms. The minimum absolute atomic E-state index is 0.201. The molecule has 1 aliphatic heterocycles. The first-order valence-electron chi connectivity index (χ1n) is 6.52. The van der Waals surface area contributed by atoms with Crippen LogP contribution in [0.4, 0.5) is 0 Å². The van der Waals surface area contributed by atoms with E-state index in [2.05, 4.69) is 10.3 Å². The van der Waals surface area contributed by atoms with Gasteiger partial charge in [0.2, 0.25) is 0 Å². The highest BCUT2D eigenvalue weighted by molar-refractivity contribution is 7.99. The van der Waals surface area contributed by atoms with Crippen molar-refractivity contribution < 1.29 is 4.79 Å². The van der Waals surface area contributed by atoms with Crippen LogP contribution in [0.15, 0.2) is 36.5 Å². The Morgan fingerprint density at radius 3 is 3.21 bits per heavy atom. The fraction of sp³-hybridized carbons (Fsp3) is 0.333. The fourth-order valence-corrected chi connectivity index (χ4v) is 3.28. The van der Waals surface area contributed by atoms with Crippen LogP contribution in [0.3, 0.4) is 0 Å². The Hall–Kier alpha value is -1.39. The van der Waals surface area contributed by atoms with Gasteiger partial charge in [-0.05, 0) is 12.1 Å². The lowest BCUT2D eigenvalue weighted by molar-refractivity contribution is 0.0972. The first-order chi connectivity index (χ1) is 9.33. The highest BCUT2D eigenvalue weighted by Gasteiger charge is 2.17. The first kappa shape index (κ1) is 12.6. The molecular weight excluding hydrogens is 256 g/mol. The van der Waals surface area contributed by atoms with E-state index in [-0.39, 0.29) is 5.78 Å². The highest BCUT2D eigenvalue weighted by atomic mass is 32.2. The van der Waals surface area contributed by atoms with Gasteiger partial charge in [-0.2, -0.15) is 11.8 Å². The topological polar surface area (TPSA) is 42.0 Å². The van der Waals surface area contributed by atoms with Gasteiger partial charge in [-0.15, -0.1) is 0 Å². The molecule has 0 amide bonds. The zero-order valence-corrected chi connectivity index (χ0v) is 11.5. The quantitative estimate of drug-likeness (QED) is 0.872. The molecule has 1 saturated heterocycles. The van der Waals surface area contributed by atoms with Crippen LogP contribution >= 0.6 is 11.8 Å². The van der Waals surface area contributed by atoms with Crippen LogP contribution in [-0.2, 0) is 0 Å². The number of carbonyl (C=O) groups excluding carboxylic acids is 1. The number of hydrogen-bond donors (Lipinski definition) is 1. The van der Waals surface area contributed by atoms with Gasteiger partial charge >= 0.3 is 0 Å². The van der Waals surface area contributed by atoms with Crippen LogP contribution in [0.2, 0.25) is 0 Å². The third kappa shape index (κ3) is 2.96. The average molecular weight is 272 g/mol. The maximum absolute atomic E-state index is 12.3. The van der Waals surface area contributed by atoms with E-state index in [0.717, 1.165) is 34.5 Å². The normalized spacial score (nSPS) is 19.5. The summed E-state index contributed by atoms with van der Waals surface area (Å²) in [6.07, 6.45) is 2.33. The van der Waals surface area contributed by atoms with Crippen LogP contribution in [0.5, 0.6) is 0 Å². The van der Waals surface area contributed by atoms with Crippen LogP contribution in [0.1, 0.15) is 16.8 Å². The SMILES string of the molecule is O=C(CC1CSCCN1)c1ccc2cccnc2c1. The predicted molar refractivity (Wildman–Crippen MR) is 79.8 cm³/mol. The van der Waals surface area contributed by atoms with Crippen molar-refractivity contribution in [3.63, 3.8) is 0 Å². The van der Waals surface area contributed by atoms with Crippen molar-refractivity contribution in [1.29, 1.82) is 0 Å². The van der Waals surface area contributed by atoms with Gasteiger partial charge in [0.25, 0.3) is 0 Å². The second kappa shape index (κ2) is 5.72. The third-order valence-corrected chi connectivity index (χ3v) is 4.49. The molecule has 0 aliphatic carbocycles. The molecule has 1 unspecified atom stereocenters. The molecule has 2 aromatic rings. The first-order valence-corrected chi connectivity index (χ1v) is 7.67. The molecule has 3 nitrogen and oxygen atoms in total. The number of nitrogens with zero attached hydrogens (tertiary/aromatic N) is 1. The molecule has 19 heavy (non-hydrogen) atoms. The van der Waals surface area contributed by atoms with E-state index < -0.39 is 0 Å². The zero-order chi connectivity index (χ0) is 13.1. The van der Waals surface area contributed by atoms with Crippen LogP contribution in [0, 0.1) is 0 Å². The maximum Gasteiger partial charge on any atom is 0.164 e. The summed E-state index contributed by atoms with van der Waals surface area (Å²) in [5.74, 6) is 2.37. The lowest BCUT2D eigenvalue weighted by Gasteiger charge is -2.22. The Balaban J connectivity index is 1.77. The van der Waals surface area contributed by atoms with Crippen LogP contribution in [0.25, 0.3) is 10.9 Å². The Morgan fingerprint density at radius 2 is 2.37 bits per heavy atom. The molecule has 1 N–H and O–H groups in total. The third-order valence-electron chi connectivity index (χ3n) is 3.36. The minimum atomic E-state index is 0.201. The monoisotopic (exact) mass is 272 g/mol. The number of carbonyl (C=O) groups is 1. The molecule has 98 valence electrons. The van der Waals surface area contributed by atoms with E-state index in [4.69, 9.17) is 0 Å². The lowest BCUT2D eigenvalue weighted by atomic mass is 10.0. The summed E-state index contributed by atoms with van der Waals surface area (Å²) in [4.78, 5) is 16.6. The summed E-state index contributed by atoms with van der Waals surface area (Å²) in [6, 6.07) is 10.0. The molecule has 1 atom stereocenters. The molecule has 2 heterocycles. The predicted octanol–water partition coefficient (Wildman–Crippen LogP) is 2.51. The second-order valence-electron chi connectivity index (χ2n) is 4.76. The lowest BCUT2D eigenvalue weighted by Crippen LogP contribution is -2.38. The fourth-order valence-electron chi connectivity index (χ4n) is 2.33. The number of fused-ring (bicyclic) bond motifs is 1. The van der Waals surface area contributed by atoms with Gasteiger partial charge in [0.05, 0.1) is 5.52 Å². The van der Waals surface area contributed by atoms with Crippen molar-refractivity contribution in [3.05, 3.63) is 42.1 Å². The van der Waals surface area contributed by atoms with Crippen molar-refractivity contribution in [2.24, 2.45) is 0 Å². The number of pyridine rings is 1. The smallest absolute Gasteiger partial charge is 0.164 e. The molecule has 1 aromatic heterocycles. The van der Waals surface area contributed by atoms with Crippen molar-refractivity contribution >= 4 is 28.4 Å². The molecule has 1 aliphatic rings. The van der Waals surface area contributed by atoms with E-state index in [1.165, 1.54) is 0 Å². The van der Waals surface area contributed by atoms with E-state index in [1.807, 2.05) is 42.1 Å². The number of thioether (sulfide) groups is 1. The van der Waals surface area contributed by atoms with E-state index >= 15 is 0 Å². The Labute approximate surface area is 116 Å². The van der Waals surface area contributed by atoms with Crippen LogP contribution < -0.4 is 5.32 Å². The zero-order valence-electron chi connectivity index (χ0n) is 10.6. The van der Waals surface area contributed by atoms with Crippen molar-refractivity contribution in [1.82, 2.24) is 10.3 Å². The Kier molecular flexibility index (Phi) is 3.80. The Morgan fingerprint density at radius 1 is 1.42 bits per heavy atom. The summed E-state index contributed by atoms with van der Waals surface area (Å²) < 4.78 is 0. The Bertz CT molecular complexity index is 593. The van der Waals surface area contributed by atoms with Crippen molar-refractivity contribution in [2.45, 2.75) is 12.5 Å². The van der Waals surface area contributed by atoms with E-state index in [0.29, 0.717) is 12.5 Å². The van der Waals surface area contributed by atoms with Crippen LogP contribution in [-0.4, -0.2) is 34.9 Å². The summed E-state index contributed by atoms with van der Waals surface area (Å²) in [6.45, 7) is 1.00. The number of nitrogens with one attached hydrogen (secondary N) is 1. The summed E-state index contributed by atoms with van der Waals surface area (Å²) in [7, 11) is 0. The largest absolute Gasteiger partial charge is 0.312 e. The number of aromatic nitrogens is 1. The van der Waals surface area contributed by atoms with Crippen molar-refractivity contribution in [3.8, 4) is 0 Å². The van der Waals surface area contributed by atoms with Gasteiger partial charge < -0.3 is 5.32 Å². The molecule has 0 radical (unpaired) electrons.